The molecule has 0 aliphatic rings. The van der Waals surface area contributed by atoms with Gasteiger partial charge >= 0.3 is 0 Å². The molecule has 0 fully saturated rings. The number of anilines is 1. The molecule has 0 aliphatic carbocycles. The highest BCUT2D eigenvalue weighted by molar-refractivity contribution is 5.85. The lowest BCUT2D eigenvalue weighted by molar-refractivity contribution is 0.112. The topological polar surface area (TPSA) is 43.1 Å². The minimum absolute atomic E-state index is 0.636. The molecule has 0 amide bonds. The quantitative estimate of drug-likeness (QED) is 0.575. The predicted molar refractivity (Wildman–Crippen MR) is 73.5 cm³/mol. The van der Waals surface area contributed by atoms with Crippen LogP contribution in [0.1, 0.15) is 61.0 Å². The minimum atomic E-state index is 0.636. The molecule has 2 N–H and O–H groups in total. The lowest BCUT2D eigenvalue weighted by Gasteiger charge is -2.13. The molecule has 0 atom stereocenters. The van der Waals surface area contributed by atoms with Crippen LogP contribution in [0, 0.1) is 0 Å². The van der Waals surface area contributed by atoms with E-state index in [2.05, 4.69) is 19.9 Å². The highest BCUT2D eigenvalue weighted by atomic mass is 16.1. The van der Waals surface area contributed by atoms with Crippen molar-refractivity contribution >= 4 is 12.0 Å². The van der Waals surface area contributed by atoms with E-state index in [1.165, 1.54) is 24.0 Å². The number of carbonyl (C=O) groups excluding carboxylic acids is 1. The third-order valence-electron chi connectivity index (χ3n) is 3.19. The molecule has 1 aromatic carbocycles. The van der Waals surface area contributed by atoms with Gasteiger partial charge in [0.25, 0.3) is 0 Å². The summed E-state index contributed by atoms with van der Waals surface area (Å²) in [5.74, 6) is 0. The fourth-order valence-electron chi connectivity index (χ4n) is 2.08. The monoisotopic (exact) mass is 233 g/mol. The van der Waals surface area contributed by atoms with E-state index >= 15 is 0 Å². The van der Waals surface area contributed by atoms with Gasteiger partial charge in [-0.3, -0.25) is 4.79 Å². The first-order valence-electron chi connectivity index (χ1n) is 6.60. The van der Waals surface area contributed by atoms with Crippen molar-refractivity contribution in [2.45, 2.75) is 52.4 Å². The van der Waals surface area contributed by atoms with Crippen molar-refractivity contribution in [1.82, 2.24) is 0 Å². The molecular weight excluding hydrogens is 210 g/mol. The van der Waals surface area contributed by atoms with E-state index in [1.54, 1.807) is 0 Å². The standard InChI is InChI=1S/C15H23NO/c1-3-5-7-12-9-10-13(11-17)15(16)14(12)8-6-4-2/h9-11H,3-8,16H2,1-2H3. The smallest absolute Gasteiger partial charge is 0.152 e. The molecule has 1 aromatic rings. The van der Waals surface area contributed by atoms with Crippen molar-refractivity contribution in [3.8, 4) is 0 Å². The molecule has 0 radical (unpaired) electrons. The largest absolute Gasteiger partial charge is 0.398 e. The Kier molecular flexibility index (Phi) is 5.75. The molecule has 0 saturated carbocycles. The van der Waals surface area contributed by atoms with Crippen LogP contribution in [0.25, 0.3) is 0 Å². The van der Waals surface area contributed by atoms with Gasteiger partial charge in [-0.2, -0.15) is 0 Å². The number of hydrogen-bond donors (Lipinski definition) is 1. The molecule has 0 saturated heterocycles. The summed E-state index contributed by atoms with van der Waals surface area (Å²) in [6.45, 7) is 4.36. The number of aldehydes is 1. The maximum absolute atomic E-state index is 10.9. The molecule has 17 heavy (non-hydrogen) atoms. The van der Waals surface area contributed by atoms with Gasteiger partial charge in [0.1, 0.15) is 0 Å². The van der Waals surface area contributed by atoms with Crippen molar-refractivity contribution in [2.24, 2.45) is 0 Å². The number of nitrogens with two attached hydrogens (primary N) is 1. The van der Waals surface area contributed by atoms with Gasteiger partial charge in [-0.1, -0.05) is 32.8 Å². The molecule has 0 bridgehead atoms. The molecule has 94 valence electrons. The van der Waals surface area contributed by atoms with Crippen LogP contribution in [0.3, 0.4) is 0 Å². The Bertz CT molecular complexity index is 371. The summed E-state index contributed by atoms with van der Waals surface area (Å²) in [4.78, 5) is 10.9. The third-order valence-corrected chi connectivity index (χ3v) is 3.19. The van der Waals surface area contributed by atoms with Crippen LogP contribution in [0.5, 0.6) is 0 Å². The van der Waals surface area contributed by atoms with Crippen LogP contribution in [-0.2, 0) is 12.8 Å². The number of unbranched alkanes of at least 4 members (excludes halogenated alkanes) is 2. The van der Waals surface area contributed by atoms with Gasteiger partial charge in [-0.05, 0) is 42.9 Å². The molecule has 2 heteroatoms. The summed E-state index contributed by atoms with van der Waals surface area (Å²) in [6.07, 6.45) is 7.56. The zero-order chi connectivity index (χ0) is 12.7. The summed E-state index contributed by atoms with van der Waals surface area (Å²) in [5.41, 5.74) is 9.93. The summed E-state index contributed by atoms with van der Waals surface area (Å²) < 4.78 is 0. The summed E-state index contributed by atoms with van der Waals surface area (Å²) in [5, 5.41) is 0. The zero-order valence-electron chi connectivity index (χ0n) is 11.0. The van der Waals surface area contributed by atoms with Gasteiger partial charge in [-0.15, -0.1) is 0 Å². The Morgan fingerprint density at radius 2 is 1.76 bits per heavy atom. The van der Waals surface area contributed by atoms with Gasteiger partial charge in [0.2, 0.25) is 0 Å². The molecule has 2 nitrogen and oxygen atoms in total. The summed E-state index contributed by atoms with van der Waals surface area (Å²) in [6, 6.07) is 3.92. The fourth-order valence-corrected chi connectivity index (χ4v) is 2.08. The van der Waals surface area contributed by atoms with E-state index in [1.807, 2.05) is 6.07 Å². The van der Waals surface area contributed by atoms with Gasteiger partial charge < -0.3 is 5.73 Å². The molecule has 1 rings (SSSR count). The Balaban J connectivity index is 3.01. The Labute approximate surface area is 104 Å². The SMILES string of the molecule is CCCCc1ccc(C=O)c(N)c1CCCC. The lowest BCUT2D eigenvalue weighted by Crippen LogP contribution is -2.04. The van der Waals surface area contributed by atoms with Crippen LogP contribution in [-0.4, -0.2) is 6.29 Å². The summed E-state index contributed by atoms with van der Waals surface area (Å²) in [7, 11) is 0. The Hall–Kier alpha value is -1.31. The van der Waals surface area contributed by atoms with E-state index in [0.717, 1.165) is 32.0 Å². The van der Waals surface area contributed by atoms with Crippen LogP contribution in [0.2, 0.25) is 0 Å². The van der Waals surface area contributed by atoms with Crippen LogP contribution < -0.4 is 5.73 Å². The van der Waals surface area contributed by atoms with E-state index < -0.39 is 0 Å². The first-order valence-corrected chi connectivity index (χ1v) is 6.60. The number of benzene rings is 1. The highest BCUT2D eigenvalue weighted by Crippen LogP contribution is 2.24. The van der Waals surface area contributed by atoms with Crippen LogP contribution in [0.15, 0.2) is 12.1 Å². The van der Waals surface area contributed by atoms with Crippen molar-refractivity contribution in [3.05, 3.63) is 28.8 Å². The number of aryl methyl sites for hydroxylation is 1. The van der Waals surface area contributed by atoms with Crippen molar-refractivity contribution in [2.75, 3.05) is 5.73 Å². The fraction of sp³-hybridized carbons (Fsp3) is 0.533. The Morgan fingerprint density at radius 3 is 2.35 bits per heavy atom. The number of nitrogen functional groups attached to an aromatic ring is 1. The first-order chi connectivity index (χ1) is 8.24. The third kappa shape index (κ3) is 3.58. The first kappa shape index (κ1) is 13.8. The van der Waals surface area contributed by atoms with Gasteiger partial charge in [0.05, 0.1) is 0 Å². The maximum Gasteiger partial charge on any atom is 0.152 e. The second-order valence-corrected chi connectivity index (χ2v) is 4.53. The number of hydrogen-bond acceptors (Lipinski definition) is 2. The minimum Gasteiger partial charge on any atom is -0.398 e. The molecule has 0 aliphatic heterocycles. The number of rotatable bonds is 7. The van der Waals surface area contributed by atoms with Gasteiger partial charge in [0.15, 0.2) is 6.29 Å². The molecule has 0 aromatic heterocycles. The van der Waals surface area contributed by atoms with Crippen molar-refractivity contribution < 1.29 is 4.79 Å². The van der Waals surface area contributed by atoms with E-state index in [9.17, 15) is 4.79 Å². The van der Waals surface area contributed by atoms with Crippen LogP contribution >= 0.6 is 0 Å². The maximum atomic E-state index is 10.9. The van der Waals surface area contributed by atoms with Crippen molar-refractivity contribution in [1.29, 1.82) is 0 Å². The highest BCUT2D eigenvalue weighted by Gasteiger charge is 2.09. The molecule has 0 spiro atoms. The second kappa shape index (κ2) is 7.10. The van der Waals surface area contributed by atoms with E-state index in [4.69, 9.17) is 5.73 Å². The van der Waals surface area contributed by atoms with Crippen molar-refractivity contribution in [3.63, 3.8) is 0 Å². The normalized spacial score (nSPS) is 10.5. The number of carbonyl (C=O) groups is 1. The van der Waals surface area contributed by atoms with E-state index in [0.29, 0.717) is 11.3 Å². The second-order valence-electron chi connectivity index (χ2n) is 4.53. The predicted octanol–water partition coefficient (Wildman–Crippen LogP) is 3.77. The zero-order valence-corrected chi connectivity index (χ0v) is 11.0. The summed E-state index contributed by atoms with van der Waals surface area (Å²) >= 11 is 0. The lowest BCUT2D eigenvalue weighted by atomic mass is 9.94. The average molecular weight is 233 g/mol. The Morgan fingerprint density at radius 1 is 1.12 bits per heavy atom. The average Bonchev–Trinajstić information content (AvgIpc) is 2.35. The van der Waals surface area contributed by atoms with Crippen LogP contribution in [0.4, 0.5) is 5.69 Å². The van der Waals surface area contributed by atoms with E-state index in [-0.39, 0.29) is 0 Å². The molecular formula is C15H23NO. The van der Waals surface area contributed by atoms with Gasteiger partial charge in [0, 0.05) is 11.3 Å². The molecule has 0 unspecified atom stereocenters. The van der Waals surface area contributed by atoms with Gasteiger partial charge in [-0.25, -0.2) is 0 Å². The molecule has 0 heterocycles.